The number of rotatable bonds is 4. The molecule has 0 saturated carbocycles. The summed E-state index contributed by atoms with van der Waals surface area (Å²) in [5.41, 5.74) is 1.20. The number of esters is 1. The van der Waals surface area contributed by atoms with Gasteiger partial charge < -0.3 is 9.84 Å². The molecule has 16 heavy (non-hydrogen) atoms. The van der Waals surface area contributed by atoms with Gasteiger partial charge in [0.2, 0.25) is 0 Å². The molecule has 0 aliphatic carbocycles. The van der Waals surface area contributed by atoms with Gasteiger partial charge in [-0.2, -0.15) is 0 Å². The van der Waals surface area contributed by atoms with E-state index in [2.05, 4.69) is 0 Å². The lowest BCUT2D eigenvalue weighted by atomic mass is 10.0. The van der Waals surface area contributed by atoms with Crippen molar-refractivity contribution in [3.8, 4) is 0 Å². The zero-order valence-electron chi connectivity index (χ0n) is 9.13. The number of ether oxygens (including phenoxy) is 1. The lowest BCUT2D eigenvalue weighted by Crippen LogP contribution is -2.26. The maximum Gasteiger partial charge on any atom is 0.306 e. The summed E-state index contributed by atoms with van der Waals surface area (Å²) in [4.78, 5) is 10.9. The van der Waals surface area contributed by atoms with Crippen LogP contribution in [-0.2, 0) is 16.0 Å². The predicted molar refractivity (Wildman–Crippen MR) is 59.9 cm³/mol. The third-order valence-corrected chi connectivity index (χ3v) is 2.92. The molecule has 1 heterocycles. The largest absolute Gasteiger partial charge is 0.460 e. The summed E-state index contributed by atoms with van der Waals surface area (Å²) in [6.07, 6.45) is 1.71. The minimum absolute atomic E-state index is 0.191. The minimum Gasteiger partial charge on any atom is -0.460 e. The number of hydrogen-bond acceptors (Lipinski definition) is 3. The molecular formula is C13H16O3. The Balaban J connectivity index is 1.80. The second-order valence-electron chi connectivity index (χ2n) is 4.16. The van der Waals surface area contributed by atoms with E-state index in [0.29, 0.717) is 19.3 Å². The van der Waals surface area contributed by atoms with Crippen molar-refractivity contribution >= 4 is 5.97 Å². The predicted octanol–water partition coefficient (Wildman–Crippen LogP) is 1.69. The number of cyclic esters (lactones) is 1. The van der Waals surface area contributed by atoms with Crippen LogP contribution in [0.3, 0.4) is 0 Å². The van der Waals surface area contributed by atoms with Gasteiger partial charge in [-0.05, 0) is 24.8 Å². The normalized spacial score (nSPS) is 21.8. The summed E-state index contributed by atoms with van der Waals surface area (Å²) in [5, 5.41) is 9.85. The molecule has 0 spiro atoms. The Kier molecular flexibility index (Phi) is 3.57. The zero-order valence-corrected chi connectivity index (χ0v) is 9.13. The van der Waals surface area contributed by atoms with E-state index in [1.807, 2.05) is 30.3 Å². The van der Waals surface area contributed by atoms with E-state index in [1.165, 1.54) is 5.56 Å². The van der Waals surface area contributed by atoms with Crippen LogP contribution in [0.5, 0.6) is 0 Å². The van der Waals surface area contributed by atoms with Gasteiger partial charge in [0.25, 0.3) is 0 Å². The van der Waals surface area contributed by atoms with Crippen molar-refractivity contribution in [2.24, 2.45) is 0 Å². The van der Waals surface area contributed by atoms with E-state index in [1.54, 1.807) is 0 Å². The molecule has 1 fully saturated rings. The molecule has 1 aromatic carbocycles. The third-order valence-electron chi connectivity index (χ3n) is 2.92. The van der Waals surface area contributed by atoms with Crippen molar-refractivity contribution < 1.29 is 14.6 Å². The zero-order chi connectivity index (χ0) is 11.4. The Morgan fingerprint density at radius 3 is 2.75 bits per heavy atom. The van der Waals surface area contributed by atoms with Crippen molar-refractivity contribution in [1.82, 2.24) is 0 Å². The summed E-state index contributed by atoms with van der Waals surface area (Å²) in [6, 6.07) is 10.0. The summed E-state index contributed by atoms with van der Waals surface area (Å²) < 4.78 is 5.02. The van der Waals surface area contributed by atoms with Crippen molar-refractivity contribution in [1.29, 1.82) is 0 Å². The first-order valence-electron chi connectivity index (χ1n) is 5.67. The Bertz CT molecular complexity index is 347. The summed E-state index contributed by atoms with van der Waals surface area (Å²) in [6.45, 7) is 0. The second-order valence-corrected chi connectivity index (χ2v) is 4.16. The molecule has 0 amide bonds. The number of aryl methyl sites for hydroxylation is 1. The fourth-order valence-corrected chi connectivity index (χ4v) is 1.96. The van der Waals surface area contributed by atoms with E-state index in [4.69, 9.17) is 4.74 Å². The number of benzene rings is 1. The van der Waals surface area contributed by atoms with Crippen LogP contribution < -0.4 is 0 Å². The van der Waals surface area contributed by atoms with E-state index in [-0.39, 0.29) is 12.1 Å². The number of carbonyl (C=O) groups is 1. The highest BCUT2D eigenvalue weighted by atomic mass is 16.6. The molecule has 86 valence electrons. The number of carbonyl (C=O) groups excluding carboxylic acids is 1. The molecule has 3 nitrogen and oxygen atoms in total. The van der Waals surface area contributed by atoms with Gasteiger partial charge in [0, 0.05) is 6.42 Å². The first kappa shape index (κ1) is 11.1. The van der Waals surface area contributed by atoms with Crippen LogP contribution in [-0.4, -0.2) is 23.3 Å². The van der Waals surface area contributed by atoms with E-state index in [0.717, 1.165) is 6.42 Å². The van der Waals surface area contributed by atoms with Gasteiger partial charge in [-0.15, -0.1) is 0 Å². The van der Waals surface area contributed by atoms with Gasteiger partial charge in [-0.1, -0.05) is 30.3 Å². The van der Waals surface area contributed by atoms with E-state index in [9.17, 15) is 9.90 Å². The molecule has 1 aliphatic heterocycles. The van der Waals surface area contributed by atoms with E-state index < -0.39 is 6.10 Å². The monoisotopic (exact) mass is 220 g/mol. The second kappa shape index (κ2) is 5.12. The van der Waals surface area contributed by atoms with Gasteiger partial charge in [-0.25, -0.2) is 0 Å². The molecule has 2 atom stereocenters. The molecule has 1 aliphatic rings. The summed E-state index contributed by atoms with van der Waals surface area (Å²) in [5.74, 6) is -0.191. The average molecular weight is 220 g/mol. The SMILES string of the molecule is O=C1CC[C@H]([C@H](O)CCc2ccccc2)O1. The molecule has 0 radical (unpaired) electrons. The number of aliphatic hydroxyl groups excluding tert-OH is 1. The van der Waals surface area contributed by atoms with Crippen LogP contribution in [0.15, 0.2) is 30.3 Å². The van der Waals surface area contributed by atoms with Gasteiger partial charge in [0.15, 0.2) is 0 Å². The van der Waals surface area contributed by atoms with Crippen LogP contribution in [0.1, 0.15) is 24.8 Å². The Morgan fingerprint density at radius 2 is 2.12 bits per heavy atom. The molecule has 0 bridgehead atoms. The summed E-state index contributed by atoms with van der Waals surface area (Å²) >= 11 is 0. The molecule has 1 saturated heterocycles. The Hall–Kier alpha value is -1.35. The van der Waals surface area contributed by atoms with E-state index >= 15 is 0 Å². The van der Waals surface area contributed by atoms with Gasteiger partial charge in [0.1, 0.15) is 6.10 Å². The van der Waals surface area contributed by atoms with Crippen LogP contribution in [0.25, 0.3) is 0 Å². The van der Waals surface area contributed by atoms with Crippen LogP contribution in [0, 0.1) is 0 Å². The third kappa shape index (κ3) is 2.83. The van der Waals surface area contributed by atoms with Crippen molar-refractivity contribution in [2.45, 2.75) is 37.9 Å². The fourth-order valence-electron chi connectivity index (χ4n) is 1.96. The minimum atomic E-state index is -0.536. The molecule has 1 N–H and O–H groups in total. The standard InChI is InChI=1S/C13H16O3/c14-11(12-8-9-13(15)16-12)7-6-10-4-2-1-3-5-10/h1-5,11-12,14H,6-9H2/t11-,12-/m1/s1. The highest BCUT2D eigenvalue weighted by Gasteiger charge is 2.29. The lowest BCUT2D eigenvalue weighted by molar-refractivity contribution is -0.145. The smallest absolute Gasteiger partial charge is 0.306 e. The van der Waals surface area contributed by atoms with Crippen molar-refractivity contribution in [3.63, 3.8) is 0 Å². The maximum atomic E-state index is 10.9. The van der Waals surface area contributed by atoms with Gasteiger partial charge in [0.05, 0.1) is 6.10 Å². The molecule has 0 aromatic heterocycles. The van der Waals surface area contributed by atoms with Crippen molar-refractivity contribution in [2.75, 3.05) is 0 Å². The maximum absolute atomic E-state index is 10.9. The Morgan fingerprint density at radius 1 is 1.38 bits per heavy atom. The molecule has 0 unspecified atom stereocenters. The highest BCUT2D eigenvalue weighted by molar-refractivity contribution is 5.71. The van der Waals surface area contributed by atoms with Crippen LogP contribution >= 0.6 is 0 Å². The van der Waals surface area contributed by atoms with Crippen LogP contribution in [0.2, 0.25) is 0 Å². The van der Waals surface area contributed by atoms with Crippen LogP contribution in [0.4, 0.5) is 0 Å². The quantitative estimate of drug-likeness (QED) is 0.785. The first-order chi connectivity index (χ1) is 7.75. The number of aliphatic hydroxyl groups is 1. The van der Waals surface area contributed by atoms with Gasteiger partial charge in [-0.3, -0.25) is 4.79 Å². The summed E-state index contributed by atoms with van der Waals surface area (Å²) in [7, 11) is 0. The Labute approximate surface area is 95.0 Å². The molecular weight excluding hydrogens is 204 g/mol. The molecule has 1 aromatic rings. The average Bonchev–Trinajstić information content (AvgIpc) is 2.74. The molecule has 2 rings (SSSR count). The fraction of sp³-hybridized carbons (Fsp3) is 0.462. The highest BCUT2D eigenvalue weighted by Crippen LogP contribution is 2.20. The van der Waals surface area contributed by atoms with Crippen molar-refractivity contribution in [3.05, 3.63) is 35.9 Å². The molecule has 3 heteroatoms. The lowest BCUT2D eigenvalue weighted by Gasteiger charge is -2.16. The van der Waals surface area contributed by atoms with Gasteiger partial charge >= 0.3 is 5.97 Å². The number of hydrogen-bond donors (Lipinski definition) is 1. The topological polar surface area (TPSA) is 46.5 Å². The first-order valence-corrected chi connectivity index (χ1v) is 5.67.